The molecule has 0 aromatic heterocycles. The summed E-state index contributed by atoms with van der Waals surface area (Å²) in [6.45, 7) is 0. The van der Waals surface area contributed by atoms with Crippen molar-refractivity contribution in [1.82, 2.24) is 5.32 Å². The summed E-state index contributed by atoms with van der Waals surface area (Å²) in [6.07, 6.45) is 2.21. The molecule has 1 fully saturated rings. The topological polar surface area (TPSA) is 70.2 Å². The molecule has 0 unspecified atom stereocenters. The molecular weight excluding hydrogens is 368 g/mol. The SMILES string of the molecule is O=S(=O)(Nc1ccc(NC(=S)NC2CC2)cc1)c1ccc(F)c(F)c1. The number of thiocarbonyl (C=S) groups is 1. The van der Waals surface area contributed by atoms with Crippen LogP contribution in [0.25, 0.3) is 0 Å². The Kier molecular flexibility index (Phi) is 4.87. The number of nitrogens with one attached hydrogen (secondary N) is 3. The third-order valence-electron chi connectivity index (χ3n) is 3.51. The Balaban J connectivity index is 1.67. The van der Waals surface area contributed by atoms with Gasteiger partial charge in [-0.3, -0.25) is 4.72 Å². The van der Waals surface area contributed by atoms with E-state index in [1.807, 2.05) is 0 Å². The Bertz CT molecular complexity index is 898. The fraction of sp³-hybridized carbons (Fsp3) is 0.188. The second kappa shape index (κ2) is 6.93. The maximum atomic E-state index is 13.2. The van der Waals surface area contributed by atoms with Gasteiger partial charge >= 0.3 is 0 Å². The van der Waals surface area contributed by atoms with Gasteiger partial charge in [-0.1, -0.05) is 0 Å². The summed E-state index contributed by atoms with van der Waals surface area (Å²) in [7, 11) is -4.01. The molecule has 3 N–H and O–H groups in total. The van der Waals surface area contributed by atoms with E-state index in [1.54, 1.807) is 24.3 Å². The van der Waals surface area contributed by atoms with Crippen molar-refractivity contribution in [2.75, 3.05) is 10.0 Å². The van der Waals surface area contributed by atoms with Crippen molar-refractivity contribution in [1.29, 1.82) is 0 Å². The fourth-order valence-electron chi connectivity index (χ4n) is 2.06. The van der Waals surface area contributed by atoms with Gasteiger partial charge in [0.15, 0.2) is 16.7 Å². The second-order valence-electron chi connectivity index (χ2n) is 5.63. The summed E-state index contributed by atoms with van der Waals surface area (Å²) in [5, 5.41) is 6.64. The number of halogens is 2. The van der Waals surface area contributed by atoms with E-state index in [0.29, 0.717) is 22.9 Å². The predicted octanol–water partition coefficient (Wildman–Crippen LogP) is 3.21. The van der Waals surface area contributed by atoms with Gasteiger partial charge in [-0.15, -0.1) is 0 Å². The standard InChI is InChI=1S/C16H15F2N3O2S2/c17-14-8-7-13(9-15(14)18)25(22,23)21-12-5-3-11(4-6-12)20-16(24)19-10-1-2-10/h3-10,21H,1-2H2,(H2,19,20,24). The van der Waals surface area contributed by atoms with Crippen molar-refractivity contribution in [3.8, 4) is 0 Å². The zero-order valence-electron chi connectivity index (χ0n) is 12.9. The van der Waals surface area contributed by atoms with Crippen LogP contribution in [0.3, 0.4) is 0 Å². The van der Waals surface area contributed by atoms with E-state index in [4.69, 9.17) is 12.2 Å². The first-order valence-corrected chi connectivity index (χ1v) is 9.38. The Morgan fingerprint density at radius 2 is 1.64 bits per heavy atom. The van der Waals surface area contributed by atoms with Crippen molar-refractivity contribution in [3.63, 3.8) is 0 Å². The van der Waals surface area contributed by atoms with Crippen LogP contribution in [0.5, 0.6) is 0 Å². The maximum Gasteiger partial charge on any atom is 0.261 e. The first-order chi connectivity index (χ1) is 11.8. The monoisotopic (exact) mass is 383 g/mol. The van der Waals surface area contributed by atoms with E-state index in [9.17, 15) is 17.2 Å². The summed E-state index contributed by atoms with van der Waals surface area (Å²) >= 11 is 5.16. The molecule has 3 rings (SSSR count). The number of hydrogen-bond acceptors (Lipinski definition) is 3. The van der Waals surface area contributed by atoms with Crippen LogP contribution < -0.4 is 15.4 Å². The Morgan fingerprint density at radius 3 is 2.24 bits per heavy atom. The smallest absolute Gasteiger partial charge is 0.261 e. The number of hydrogen-bond donors (Lipinski definition) is 3. The van der Waals surface area contributed by atoms with E-state index in [2.05, 4.69) is 15.4 Å². The summed E-state index contributed by atoms with van der Waals surface area (Å²) in [5.41, 5.74) is 0.991. The van der Waals surface area contributed by atoms with Crippen molar-refractivity contribution in [2.45, 2.75) is 23.8 Å². The molecular formula is C16H15F2N3O2S2. The highest BCUT2D eigenvalue weighted by Crippen LogP contribution is 2.21. The van der Waals surface area contributed by atoms with Gasteiger partial charge < -0.3 is 10.6 Å². The van der Waals surface area contributed by atoms with E-state index >= 15 is 0 Å². The largest absolute Gasteiger partial charge is 0.360 e. The molecule has 0 aliphatic heterocycles. The quantitative estimate of drug-likeness (QED) is 0.692. The Labute approximate surface area is 149 Å². The van der Waals surface area contributed by atoms with E-state index < -0.39 is 21.7 Å². The van der Waals surface area contributed by atoms with Crippen LogP contribution in [0.2, 0.25) is 0 Å². The minimum Gasteiger partial charge on any atom is -0.360 e. The molecule has 0 bridgehead atoms. The van der Waals surface area contributed by atoms with Gasteiger partial charge in [-0.25, -0.2) is 17.2 Å². The molecule has 0 heterocycles. The third kappa shape index (κ3) is 4.64. The second-order valence-corrected chi connectivity index (χ2v) is 7.72. The van der Waals surface area contributed by atoms with Crippen LogP contribution in [0.1, 0.15) is 12.8 Å². The van der Waals surface area contributed by atoms with Gasteiger partial charge in [0.05, 0.1) is 4.90 Å². The van der Waals surface area contributed by atoms with Gasteiger partial charge in [0.2, 0.25) is 0 Å². The van der Waals surface area contributed by atoms with Gasteiger partial charge in [0.1, 0.15) is 0 Å². The molecule has 0 spiro atoms. The van der Waals surface area contributed by atoms with Crippen LogP contribution >= 0.6 is 12.2 Å². The van der Waals surface area contributed by atoms with E-state index in [1.165, 1.54) is 0 Å². The Hall–Kier alpha value is -2.26. The summed E-state index contributed by atoms with van der Waals surface area (Å²) in [5.74, 6) is -2.33. The lowest BCUT2D eigenvalue weighted by Crippen LogP contribution is -2.30. The van der Waals surface area contributed by atoms with Crippen LogP contribution in [0.15, 0.2) is 47.4 Å². The Morgan fingerprint density at radius 1 is 1.00 bits per heavy atom. The van der Waals surface area contributed by atoms with Crippen LogP contribution in [-0.2, 0) is 10.0 Å². The number of rotatable bonds is 5. The normalized spacial score (nSPS) is 14.0. The highest BCUT2D eigenvalue weighted by Gasteiger charge is 2.21. The van der Waals surface area contributed by atoms with Crippen molar-refractivity contribution in [3.05, 3.63) is 54.1 Å². The fourth-order valence-corrected chi connectivity index (χ4v) is 3.41. The highest BCUT2D eigenvalue weighted by atomic mass is 32.2. The molecule has 1 aliphatic rings. The van der Waals surface area contributed by atoms with Crippen molar-refractivity contribution >= 4 is 38.7 Å². The third-order valence-corrected chi connectivity index (χ3v) is 5.11. The summed E-state index contributed by atoms with van der Waals surface area (Å²) in [6, 6.07) is 9.23. The highest BCUT2D eigenvalue weighted by molar-refractivity contribution is 7.92. The minimum atomic E-state index is -4.01. The van der Waals surface area contributed by atoms with Crippen LogP contribution in [0, 0.1) is 11.6 Å². The zero-order chi connectivity index (χ0) is 18.0. The molecule has 5 nitrogen and oxygen atoms in total. The van der Waals surface area contributed by atoms with Gasteiger partial charge in [-0.2, -0.15) is 0 Å². The summed E-state index contributed by atoms with van der Waals surface area (Å²) < 4.78 is 52.9. The lowest BCUT2D eigenvalue weighted by molar-refractivity contribution is 0.504. The van der Waals surface area contributed by atoms with Gasteiger partial charge in [0.25, 0.3) is 10.0 Å². The molecule has 2 aromatic carbocycles. The lowest BCUT2D eigenvalue weighted by Gasteiger charge is -2.11. The number of benzene rings is 2. The molecule has 1 aliphatic carbocycles. The van der Waals surface area contributed by atoms with Gasteiger partial charge in [-0.05, 0) is 67.5 Å². The maximum absolute atomic E-state index is 13.2. The molecule has 132 valence electrons. The predicted molar refractivity (Wildman–Crippen MR) is 96.0 cm³/mol. The zero-order valence-corrected chi connectivity index (χ0v) is 14.6. The first-order valence-electron chi connectivity index (χ1n) is 7.49. The number of anilines is 2. The van der Waals surface area contributed by atoms with Crippen molar-refractivity contribution < 1.29 is 17.2 Å². The summed E-state index contributed by atoms with van der Waals surface area (Å²) in [4.78, 5) is -0.358. The molecule has 0 radical (unpaired) electrons. The minimum absolute atomic E-state index is 0.288. The average Bonchev–Trinajstić information content (AvgIpc) is 3.35. The molecule has 0 amide bonds. The first kappa shape index (κ1) is 17.6. The molecule has 2 aromatic rings. The van der Waals surface area contributed by atoms with Crippen LogP contribution in [-0.4, -0.2) is 19.6 Å². The molecule has 9 heteroatoms. The van der Waals surface area contributed by atoms with E-state index in [-0.39, 0.29) is 10.6 Å². The lowest BCUT2D eigenvalue weighted by atomic mass is 10.3. The van der Waals surface area contributed by atoms with Gasteiger partial charge in [0, 0.05) is 17.4 Å². The molecule has 0 atom stereocenters. The van der Waals surface area contributed by atoms with Crippen LogP contribution in [0.4, 0.5) is 20.2 Å². The average molecular weight is 383 g/mol. The van der Waals surface area contributed by atoms with E-state index in [0.717, 1.165) is 25.0 Å². The molecule has 25 heavy (non-hydrogen) atoms. The molecule has 1 saturated carbocycles. The van der Waals surface area contributed by atoms with Crippen molar-refractivity contribution in [2.24, 2.45) is 0 Å². The molecule has 0 saturated heterocycles. The number of sulfonamides is 1.